The van der Waals surface area contributed by atoms with Gasteiger partial charge < -0.3 is 86.2 Å². The second-order valence-corrected chi connectivity index (χ2v) is 20.2. The van der Waals surface area contributed by atoms with Crippen LogP contribution in [0.4, 0.5) is 5.69 Å². The fraction of sp³-hybridized carbons (Fsp3) is 0.566. The van der Waals surface area contributed by atoms with Crippen LogP contribution in [0.25, 0.3) is 0 Å². The zero-order valence-corrected chi connectivity index (χ0v) is 46.9. The standard InChI is InChI=1S/C53H81N15O15/c1-4-5-10-37(44(56)72)62-45(73)30(3)61-48(76)39(20-21-42(70)71)64-50(78)40(26-31-12-16-34(17-13-31)68(81)82)65-51(79)41(27-32-14-18-35(69)19-15-32)66-52(80)43(33-22-25-83-28-33)67-49(77)38(11-8-24-59-53(57)58)63-46(74)29(2)60-47(75)36(55)9-6-7-23-54/h12-19,29-30,33,36-41,43,69H,4-11,20-28,54-55H2,1-3H3,(H2,56,72)(H,60,75)(H,61,76)(H,62,73)(H,63,74)(H,64,78)(H,65,79)(H,66,80)(H,67,77)(H,70,71)(H4,57,58,59)/t29-,30-,33?,36-,37-,38-,39-,40-,41-,43-/m0/s1. The number of non-ortho nitro benzene ring substituents is 1. The number of nitrogens with two attached hydrogens (primary N) is 5. The zero-order valence-electron chi connectivity index (χ0n) is 46.9. The van der Waals surface area contributed by atoms with Gasteiger partial charge in [0.2, 0.25) is 53.2 Å². The number of unbranched alkanes of at least 4 members (excludes halogenated alkanes) is 2. The molecule has 10 atom stereocenters. The zero-order chi connectivity index (χ0) is 61.8. The van der Waals surface area contributed by atoms with Crippen molar-refractivity contribution >= 4 is 70.8 Å². The van der Waals surface area contributed by atoms with E-state index in [0.717, 1.165) is 12.1 Å². The number of hydrogen-bond donors (Lipinski definition) is 15. The first-order valence-corrected chi connectivity index (χ1v) is 27.4. The number of nitro groups is 1. The van der Waals surface area contributed by atoms with Crippen LogP contribution in [0.1, 0.15) is 103 Å². The Morgan fingerprint density at radius 2 is 1.13 bits per heavy atom. The van der Waals surface area contributed by atoms with Gasteiger partial charge in [-0.25, -0.2) is 0 Å². The third kappa shape index (κ3) is 24.6. The van der Waals surface area contributed by atoms with Gasteiger partial charge in [0.15, 0.2) is 5.96 Å². The molecule has 0 radical (unpaired) electrons. The molecule has 1 heterocycles. The van der Waals surface area contributed by atoms with E-state index in [1.165, 1.54) is 50.2 Å². The molecule has 0 saturated carbocycles. The number of carboxylic acid groups (broad SMARTS) is 1. The highest BCUT2D eigenvalue weighted by molar-refractivity contribution is 5.98. The first kappa shape index (κ1) is 68.8. The van der Waals surface area contributed by atoms with Crippen LogP contribution in [0.2, 0.25) is 0 Å². The normalized spacial score (nSPS) is 16.0. The first-order chi connectivity index (χ1) is 39.3. The van der Waals surface area contributed by atoms with E-state index in [2.05, 4.69) is 47.5 Å². The lowest BCUT2D eigenvalue weighted by Gasteiger charge is -2.29. The Balaban J connectivity index is 2.03. The number of phenolic OH excluding ortho intramolecular Hbond substituents is 1. The number of carboxylic acids is 1. The number of guanidine groups is 1. The van der Waals surface area contributed by atoms with Crippen molar-refractivity contribution in [2.75, 3.05) is 26.3 Å². The molecule has 1 aliphatic rings. The number of phenols is 1. The van der Waals surface area contributed by atoms with Gasteiger partial charge in [0.05, 0.1) is 17.6 Å². The third-order valence-corrected chi connectivity index (χ3v) is 13.4. The highest BCUT2D eigenvalue weighted by Gasteiger charge is 2.38. The van der Waals surface area contributed by atoms with Gasteiger partial charge in [0.25, 0.3) is 5.69 Å². The molecule has 1 fully saturated rings. The number of carbonyl (C=O) groups excluding carboxylic acids is 9. The van der Waals surface area contributed by atoms with Gasteiger partial charge >= 0.3 is 5.97 Å². The van der Waals surface area contributed by atoms with Crippen LogP contribution >= 0.6 is 0 Å². The number of carbonyl (C=O) groups is 10. The molecule has 0 aliphatic carbocycles. The van der Waals surface area contributed by atoms with Crippen LogP contribution in [0.5, 0.6) is 5.75 Å². The Labute approximate surface area is 479 Å². The smallest absolute Gasteiger partial charge is 0.303 e. The van der Waals surface area contributed by atoms with Gasteiger partial charge in [-0.1, -0.05) is 50.5 Å². The summed E-state index contributed by atoms with van der Waals surface area (Å²) in [5.74, 6) is -10.4. The fourth-order valence-corrected chi connectivity index (χ4v) is 8.55. The lowest BCUT2D eigenvalue weighted by molar-refractivity contribution is -0.384. The van der Waals surface area contributed by atoms with Crippen LogP contribution in [-0.4, -0.2) is 161 Å². The summed E-state index contributed by atoms with van der Waals surface area (Å²) in [5, 5.41) is 51.7. The van der Waals surface area contributed by atoms with Crippen molar-refractivity contribution < 1.29 is 67.8 Å². The third-order valence-electron chi connectivity index (χ3n) is 13.4. The molecule has 83 heavy (non-hydrogen) atoms. The molecule has 1 aliphatic heterocycles. The van der Waals surface area contributed by atoms with E-state index in [9.17, 15) is 68.3 Å². The number of rotatable bonds is 37. The largest absolute Gasteiger partial charge is 0.508 e. The molecule has 2 aromatic rings. The summed E-state index contributed by atoms with van der Waals surface area (Å²) in [6.45, 7) is 5.11. The number of amides is 9. The molecule has 0 spiro atoms. The van der Waals surface area contributed by atoms with E-state index in [1.54, 1.807) is 0 Å². The van der Waals surface area contributed by atoms with Crippen molar-refractivity contribution in [1.82, 2.24) is 42.5 Å². The number of ether oxygens (including phenoxy) is 1. The maximum absolute atomic E-state index is 14.8. The molecule has 20 N–H and O–H groups in total. The predicted octanol–water partition coefficient (Wildman–Crippen LogP) is -2.91. The van der Waals surface area contributed by atoms with Gasteiger partial charge in [-0.2, -0.15) is 0 Å². The summed E-state index contributed by atoms with van der Waals surface area (Å²) in [7, 11) is 0. The van der Waals surface area contributed by atoms with Crippen LogP contribution < -0.4 is 71.2 Å². The van der Waals surface area contributed by atoms with Crippen molar-refractivity contribution in [3.8, 4) is 5.75 Å². The molecule has 2 aromatic carbocycles. The molecule has 30 nitrogen and oxygen atoms in total. The SMILES string of the molecule is CCCC[C@H](NC(=O)[C@H](C)NC(=O)[C@H](CCC(=O)O)NC(=O)[C@H](Cc1ccc([N+](=O)[O-])cc1)NC(=O)[C@H](Cc1ccc(O)cc1)NC(=O)[C@@H](NC(=O)[C@H](CCCN=C(N)N)NC(=O)[C@H](C)NC(=O)[C@@H](N)CCCCN)C1CCOC1)C(N)=O. The number of aliphatic imine (C=N–C) groups is 1. The Hall–Kier alpha value is -8.51. The minimum Gasteiger partial charge on any atom is -0.508 e. The summed E-state index contributed by atoms with van der Waals surface area (Å²) < 4.78 is 5.60. The summed E-state index contributed by atoms with van der Waals surface area (Å²) in [4.78, 5) is 150. The van der Waals surface area contributed by atoms with Gasteiger partial charge in [0, 0.05) is 50.5 Å². The lowest BCUT2D eigenvalue weighted by atomic mass is 9.96. The average molecular weight is 1170 g/mol. The Morgan fingerprint density at radius 1 is 0.639 bits per heavy atom. The Bertz CT molecular complexity index is 2560. The summed E-state index contributed by atoms with van der Waals surface area (Å²) in [6, 6.07) is -1.86. The number of nitro benzene ring substituents is 1. The molecule has 30 heteroatoms. The predicted molar refractivity (Wildman–Crippen MR) is 301 cm³/mol. The molecule has 9 amide bonds. The molecule has 458 valence electrons. The minimum absolute atomic E-state index is 0.0340. The van der Waals surface area contributed by atoms with Crippen molar-refractivity contribution in [1.29, 1.82) is 0 Å². The number of primary amides is 1. The van der Waals surface area contributed by atoms with Gasteiger partial charge in [-0.15, -0.1) is 0 Å². The van der Waals surface area contributed by atoms with Gasteiger partial charge in [0.1, 0.15) is 54.1 Å². The average Bonchev–Trinajstić information content (AvgIpc) is 4.23. The molecule has 1 unspecified atom stereocenters. The van der Waals surface area contributed by atoms with Crippen molar-refractivity contribution in [3.63, 3.8) is 0 Å². The van der Waals surface area contributed by atoms with Crippen LogP contribution in [0.15, 0.2) is 53.5 Å². The fourth-order valence-electron chi connectivity index (χ4n) is 8.55. The maximum Gasteiger partial charge on any atom is 0.303 e. The molecule has 3 rings (SSSR count). The van der Waals surface area contributed by atoms with E-state index < -0.39 is 144 Å². The van der Waals surface area contributed by atoms with Gasteiger partial charge in [-0.05, 0) is 88.6 Å². The van der Waals surface area contributed by atoms with E-state index >= 15 is 0 Å². The quantitative estimate of drug-likeness (QED) is 0.0106. The monoisotopic (exact) mass is 1170 g/mol. The number of nitrogens with zero attached hydrogens (tertiary/aromatic N) is 2. The second-order valence-electron chi connectivity index (χ2n) is 20.2. The number of nitrogens with one attached hydrogen (secondary N) is 8. The lowest BCUT2D eigenvalue weighted by Crippen LogP contribution is -2.61. The maximum atomic E-state index is 14.8. The first-order valence-electron chi connectivity index (χ1n) is 27.4. The van der Waals surface area contributed by atoms with E-state index in [0.29, 0.717) is 44.2 Å². The van der Waals surface area contributed by atoms with Crippen LogP contribution in [0, 0.1) is 16.0 Å². The molecule has 1 saturated heterocycles. The molecule has 0 bridgehead atoms. The van der Waals surface area contributed by atoms with E-state index in [4.69, 9.17) is 33.4 Å². The topological polar surface area (TPSA) is 502 Å². The summed E-state index contributed by atoms with van der Waals surface area (Å²) >= 11 is 0. The number of aliphatic carboxylic acids is 1. The number of benzene rings is 2. The van der Waals surface area contributed by atoms with E-state index in [1.807, 2.05) is 6.92 Å². The minimum atomic E-state index is -1.68. The van der Waals surface area contributed by atoms with Crippen molar-refractivity contribution in [2.45, 2.75) is 159 Å². The molecular formula is C53H81N15O15. The molecular weight excluding hydrogens is 1090 g/mol. The number of hydrogen-bond acceptors (Lipinski definition) is 17. The van der Waals surface area contributed by atoms with Gasteiger partial charge in [-0.3, -0.25) is 63.1 Å². The number of aromatic hydroxyl groups is 1. The van der Waals surface area contributed by atoms with E-state index in [-0.39, 0.29) is 74.8 Å². The highest BCUT2D eigenvalue weighted by atomic mass is 16.6. The van der Waals surface area contributed by atoms with Crippen molar-refractivity contribution in [3.05, 3.63) is 69.8 Å². The van der Waals surface area contributed by atoms with Crippen LogP contribution in [0.3, 0.4) is 0 Å². The highest BCUT2D eigenvalue weighted by Crippen LogP contribution is 2.20. The van der Waals surface area contributed by atoms with Crippen molar-refractivity contribution in [2.24, 2.45) is 39.6 Å². The molecule has 0 aromatic heterocycles. The Kier molecular flexibility index (Phi) is 29.3. The second kappa shape index (κ2) is 35.4. The Morgan fingerprint density at radius 3 is 1.65 bits per heavy atom. The summed E-state index contributed by atoms with van der Waals surface area (Å²) in [6.07, 6.45) is 1.34. The van der Waals surface area contributed by atoms with Crippen LogP contribution in [-0.2, 0) is 65.5 Å². The summed E-state index contributed by atoms with van der Waals surface area (Å²) in [5.41, 5.74) is 28.4.